The fraction of sp³-hybridized carbons (Fsp3) is 1.00. The van der Waals surface area contributed by atoms with E-state index in [4.69, 9.17) is 0 Å². The molecule has 0 aliphatic carbocycles. The molecule has 2 N–H and O–H groups in total. The monoisotopic (exact) mass is 235 g/mol. The molecule has 0 saturated carbocycles. The van der Waals surface area contributed by atoms with Gasteiger partial charge in [0.05, 0.1) is 0 Å². The average Bonchev–Trinajstić information content (AvgIpc) is 2.20. The number of hydrogen-bond donors (Lipinski definition) is 2. The Bertz CT molecular complexity index is 292. The third kappa shape index (κ3) is 3.41. The zero-order valence-electron chi connectivity index (χ0n) is 9.66. The molecule has 2 unspecified atom stereocenters. The second-order valence-electron chi connectivity index (χ2n) is 4.03. The van der Waals surface area contributed by atoms with E-state index in [1.807, 2.05) is 13.8 Å². The first-order chi connectivity index (χ1) is 6.97. The lowest BCUT2D eigenvalue weighted by Crippen LogP contribution is -2.54. The molecular formula is C9H21N3O2S. The Morgan fingerprint density at radius 2 is 2.20 bits per heavy atom. The van der Waals surface area contributed by atoms with E-state index in [1.54, 1.807) is 7.05 Å². The van der Waals surface area contributed by atoms with Crippen LogP contribution >= 0.6 is 0 Å². The molecule has 2 atom stereocenters. The second-order valence-corrected chi connectivity index (χ2v) is 5.84. The lowest BCUT2D eigenvalue weighted by atomic mass is 10.0. The number of hydrogen-bond acceptors (Lipinski definition) is 3. The lowest BCUT2D eigenvalue weighted by Gasteiger charge is -2.31. The maximum atomic E-state index is 11.8. The third-order valence-electron chi connectivity index (χ3n) is 2.92. The molecule has 0 aromatic heterocycles. The van der Waals surface area contributed by atoms with Crippen LogP contribution in [-0.4, -0.2) is 44.9 Å². The predicted octanol–water partition coefficient (Wildman–Crippen LogP) is -0.0870. The molecule has 0 aromatic rings. The van der Waals surface area contributed by atoms with Crippen molar-refractivity contribution in [3.05, 3.63) is 0 Å². The van der Waals surface area contributed by atoms with E-state index in [0.29, 0.717) is 6.54 Å². The molecule has 6 heteroatoms. The van der Waals surface area contributed by atoms with Crippen molar-refractivity contribution in [3.63, 3.8) is 0 Å². The van der Waals surface area contributed by atoms with E-state index in [0.717, 1.165) is 19.4 Å². The van der Waals surface area contributed by atoms with Crippen molar-refractivity contribution in [2.45, 2.75) is 38.8 Å². The summed E-state index contributed by atoms with van der Waals surface area (Å²) in [5, 5.41) is 3.27. The highest BCUT2D eigenvalue weighted by Crippen LogP contribution is 2.10. The van der Waals surface area contributed by atoms with Crippen LogP contribution in [0, 0.1) is 0 Å². The van der Waals surface area contributed by atoms with Crippen molar-refractivity contribution in [1.29, 1.82) is 0 Å². The van der Waals surface area contributed by atoms with Gasteiger partial charge in [-0.15, -0.1) is 0 Å². The van der Waals surface area contributed by atoms with Gasteiger partial charge in [-0.2, -0.15) is 17.4 Å². The van der Waals surface area contributed by atoms with Gasteiger partial charge in [-0.3, -0.25) is 0 Å². The fourth-order valence-corrected chi connectivity index (χ4v) is 2.88. The van der Waals surface area contributed by atoms with Crippen LogP contribution in [0.3, 0.4) is 0 Å². The Hall–Kier alpha value is -0.170. The van der Waals surface area contributed by atoms with Crippen LogP contribution in [0.15, 0.2) is 0 Å². The summed E-state index contributed by atoms with van der Waals surface area (Å²) >= 11 is 0. The molecule has 1 heterocycles. The van der Waals surface area contributed by atoms with Crippen molar-refractivity contribution in [2.24, 2.45) is 0 Å². The van der Waals surface area contributed by atoms with E-state index in [2.05, 4.69) is 10.0 Å². The SMILES string of the molecule is CCN(C)S(=O)(=O)NC1CCCNC1C. The first kappa shape index (κ1) is 12.9. The van der Waals surface area contributed by atoms with Crippen LogP contribution in [0.5, 0.6) is 0 Å². The predicted molar refractivity (Wildman–Crippen MR) is 60.8 cm³/mol. The normalized spacial score (nSPS) is 28.3. The number of piperidine rings is 1. The van der Waals surface area contributed by atoms with E-state index >= 15 is 0 Å². The van der Waals surface area contributed by atoms with Crippen LogP contribution in [0.2, 0.25) is 0 Å². The van der Waals surface area contributed by atoms with Crippen LogP contribution in [0.25, 0.3) is 0 Å². The van der Waals surface area contributed by atoms with Crippen molar-refractivity contribution in [3.8, 4) is 0 Å². The van der Waals surface area contributed by atoms with Gasteiger partial charge < -0.3 is 5.32 Å². The maximum Gasteiger partial charge on any atom is 0.279 e. The van der Waals surface area contributed by atoms with Gasteiger partial charge in [0.25, 0.3) is 10.2 Å². The largest absolute Gasteiger partial charge is 0.313 e. The van der Waals surface area contributed by atoms with E-state index in [1.165, 1.54) is 4.31 Å². The molecule has 1 rings (SSSR count). The molecule has 0 bridgehead atoms. The van der Waals surface area contributed by atoms with Gasteiger partial charge in [-0.05, 0) is 26.3 Å². The van der Waals surface area contributed by atoms with Gasteiger partial charge in [0.2, 0.25) is 0 Å². The highest BCUT2D eigenvalue weighted by atomic mass is 32.2. The summed E-state index contributed by atoms with van der Waals surface area (Å²) in [4.78, 5) is 0. The first-order valence-electron chi connectivity index (χ1n) is 5.44. The molecule has 1 fully saturated rings. The Kier molecular flexibility index (Phi) is 4.51. The minimum Gasteiger partial charge on any atom is -0.313 e. The Morgan fingerprint density at radius 3 is 2.73 bits per heavy atom. The molecule has 0 radical (unpaired) electrons. The number of nitrogens with zero attached hydrogens (tertiary/aromatic N) is 1. The smallest absolute Gasteiger partial charge is 0.279 e. The minimum absolute atomic E-state index is 0.0118. The summed E-state index contributed by atoms with van der Waals surface area (Å²) in [5.41, 5.74) is 0. The van der Waals surface area contributed by atoms with Crippen LogP contribution in [-0.2, 0) is 10.2 Å². The molecule has 0 aromatic carbocycles. The van der Waals surface area contributed by atoms with Crippen LogP contribution < -0.4 is 10.0 Å². The summed E-state index contributed by atoms with van der Waals surface area (Å²) in [5.74, 6) is 0. The molecule has 1 saturated heterocycles. The molecule has 90 valence electrons. The second kappa shape index (κ2) is 5.25. The standard InChI is InChI=1S/C9H21N3O2S/c1-4-12(3)15(13,14)11-9-6-5-7-10-8(9)2/h8-11H,4-7H2,1-3H3. The van der Waals surface area contributed by atoms with Gasteiger partial charge in [0.15, 0.2) is 0 Å². The molecule has 5 nitrogen and oxygen atoms in total. The summed E-state index contributed by atoms with van der Waals surface area (Å²) in [7, 11) is -1.71. The van der Waals surface area contributed by atoms with Gasteiger partial charge >= 0.3 is 0 Å². The first-order valence-corrected chi connectivity index (χ1v) is 6.88. The zero-order chi connectivity index (χ0) is 11.5. The van der Waals surface area contributed by atoms with Crippen molar-refractivity contribution in [2.75, 3.05) is 20.1 Å². The van der Waals surface area contributed by atoms with E-state index in [-0.39, 0.29) is 12.1 Å². The molecule has 0 spiro atoms. The highest BCUT2D eigenvalue weighted by molar-refractivity contribution is 7.87. The zero-order valence-corrected chi connectivity index (χ0v) is 10.5. The summed E-state index contributed by atoms with van der Waals surface area (Å²) in [6.07, 6.45) is 1.93. The summed E-state index contributed by atoms with van der Waals surface area (Å²) in [6, 6.07) is 0.219. The van der Waals surface area contributed by atoms with E-state index in [9.17, 15) is 8.42 Å². The Labute approximate surface area is 92.4 Å². The van der Waals surface area contributed by atoms with Gasteiger partial charge in [0, 0.05) is 25.7 Å². The molecule has 0 amide bonds. The molecule has 1 aliphatic rings. The third-order valence-corrected chi connectivity index (χ3v) is 4.60. The van der Waals surface area contributed by atoms with Gasteiger partial charge in [0.1, 0.15) is 0 Å². The Morgan fingerprint density at radius 1 is 1.53 bits per heavy atom. The quantitative estimate of drug-likeness (QED) is 0.716. The fourth-order valence-electron chi connectivity index (χ4n) is 1.66. The number of nitrogens with one attached hydrogen (secondary N) is 2. The van der Waals surface area contributed by atoms with E-state index < -0.39 is 10.2 Å². The topological polar surface area (TPSA) is 61.4 Å². The van der Waals surface area contributed by atoms with Crippen molar-refractivity contribution < 1.29 is 8.42 Å². The van der Waals surface area contributed by atoms with Gasteiger partial charge in [-0.25, -0.2) is 0 Å². The highest BCUT2D eigenvalue weighted by Gasteiger charge is 2.26. The Balaban J connectivity index is 2.59. The summed E-state index contributed by atoms with van der Waals surface area (Å²) < 4.78 is 27.6. The molecule has 15 heavy (non-hydrogen) atoms. The molecular weight excluding hydrogens is 214 g/mol. The van der Waals surface area contributed by atoms with Crippen LogP contribution in [0.4, 0.5) is 0 Å². The summed E-state index contributed by atoms with van der Waals surface area (Å²) in [6.45, 7) is 5.30. The minimum atomic E-state index is -3.30. The van der Waals surface area contributed by atoms with Crippen molar-refractivity contribution in [1.82, 2.24) is 14.3 Å². The van der Waals surface area contributed by atoms with Crippen LogP contribution in [0.1, 0.15) is 26.7 Å². The molecule has 1 aliphatic heterocycles. The van der Waals surface area contributed by atoms with Crippen molar-refractivity contribution >= 4 is 10.2 Å². The van der Waals surface area contributed by atoms with Gasteiger partial charge in [-0.1, -0.05) is 6.92 Å². The maximum absolute atomic E-state index is 11.8. The average molecular weight is 235 g/mol. The number of rotatable bonds is 4. The lowest BCUT2D eigenvalue weighted by molar-refractivity contribution is 0.340.